The third-order valence-corrected chi connectivity index (χ3v) is 4.65. The Morgan fingerprint density at radius 1 is 1.15 bits per heavy atom. The summed E-state index contributed by atoms with van der Waals surface area (Å²) in [5.41, 5.74) is 1.40. The van der Waals surface area contributed by atoms with E-state index in [-0.39, 0.29) is 16.6 Å². The Hall–Kier alpha value is -2.93. The Balaban J connectivity index is 1.59. The minimum atomic E-state index is -0.472. The van der Waals surface area contributed by atoms with Gasteiger partial charge in [-0.3, -0.25) is 14.9 Å². The molecule has 0 aliphatic carbocycles. The molecule has 8 heteroatoms. The summed E-state index contributed by atoms with van der Waals surface area (Å²) >= 11 is 5.82. The van der Waals surface area contributed by atoms with Gasteiger partial charge in [0.25, 0.3) is 5.69 Å². The monoisotopic (exact) mass is 389 g/mol. The molecule has 3 rings (SSSR count). The van der Waals surface area contributed by atoms with Crippen LogP contribution in [-0.4, -0.2) is 41.9 Å². The Morgan fingerprint density at radius 2 is 1.89 bits per heavy atom. The molecule has 1 heterocycles. The molecule has 0 bridgehead atoms. The van der Waals surface area contributed by atoms with Crippen LogP contribution in [0.2, 0.25) is 5.02 Å². The molecule has 6 nitrogen and oxygen atoms in total. The number of nitro benzene ring substituents is 1. The molecule has 27 heavy (non-hydrogen) atoms. The molecule has 1 amide bonds. The number of nitro groups is 1. The number of piperazine rings is 1. The first-order chi connectivity index (χ1) is 12.9. The van der Waals surface area contributed by atoms with Crippen LogP contribution < -0.4 is 4.90 Å². The second-order valence-corrected chi connectivity index (χ2v) is 6.50. The third-order valence-electron chi connectivity index (χ3n) is 4.36. The summed E-state index contributed by atoms with van der Waals surface area (Å²) in [6.07, 6.45) is 2.99. The number of anilines is 1. The van der Waals surface area contributed by atoms with E-state index in [1.54, 1.807) is 35.2 Å². The number of amides is 1. The van der Waals surface area contributed by atoms with Crippen LogP contribution in [0, 0.1) is 15.9 Å². The van der Waals surface area contributed by atoms with Crippen molar-refractivity contribution < 1.29 is 14.1 Å². The summed E-state index contributed by atoms with van der Waals surface area (Å²) in [6.45, 7) is 2.26. The summed E-state index contributed by atoms with van der Waals surface area (Å²) in [7, 11) is 0. The Labute approximate surface area is 160 Å². The quantitative estimate of drug-likeness (QED) is 0.454. The van der Waals surface area contributed by atoms with Crippen molar-refractivity contribution in [2.75, 3.05) is 31.1 Å². The van der Waals surface area contributed by atoms with Crippen LogP contribution in [0.1, 0.15) is 5.56 Å². The number of halogens is 2. The highest BCUT2D eigenvalue weighted by Gasteiger charge is 2.20. The summed E-state index contributed by atoms with van der Waals surface area (Å²) in [5, 5.41) is 10.9. The van der Waals surface area contributed by atoms with E-state index in [4.69, 9.17) is 11.6 Å². The minimum Gasteiger partial charge on any atom is -0.368 e. The van der Waals surface area contributed by atoms with Gasteiger partial charge in [0.1, 0.15) is 5.82 Å². The Kier molecular flexibility index (Phi) is 5.71. The first-order valence-corrected chi connectivity index (χ1v) is 8.73. The minimum absolute atomic E-state index is 0.0174. The maximum atomic E-state index is 13.3. The summed E-state index contributed by atoms with van der Waals surface area (Å²) in [5.74, 6) is -0.612. The highest BCUT2D eigenvalue weighted by molar-refractivity contribution is 6.31. The molecule has 0 atom stereocenters. The molecule has 1 saturated heterocycles. The van der Waals surface area contributed by atoms with E-state index in [0.717, 1.165) is 5.69 Å². The molecule has 0 radical (unpaired) electrons. The second kappa shape index (κ2) is 8.18. The number of non-ortho nitro benzene ring substituents is 1. The van der Waals surface area contributed by atoms with E-state index < -0.39 is 10.7 Å². The number of hydrogen-bond donors (Lipinski definition) is 0. The lowest BCUT2D eigenvalue weighted by Crippen LogP contribution is -2.48. The van der Waals surface area contributed by atoms with Gasteiger partial charge in [-0.1, -0.05) is 23.7 Å². The van der Waals surface area contributed by atoms with Crippen LogP contribution in [0.25, 0.3) is 6.08 Å². The van der Waals surface area contributed by atoms with Crippen molar-refractivity contribution in [3.8, 4) is 0 Å². The molecule has 1 aliphatic heterocycles. The SMILES string of the molecule is O=C(/C=C/c1cccc([N+](=O)[O-])c1)N1CCN(c2ccc(F)c(Cl)c2)CC1. The topological polar surface area (TPSA) is 66.7 Å². The van der Waals surface area contributed by atoms with Gasteiger partial charge in [-0.15, -0.1) is 0 Å². The summed E-state index contributed by atoms with van der Waals surface area (Å²) in [6, 6.07) is 10.7. The van der Waals surface area contributed by atoms with Crippen LogP contribution in [0.15, 0.2) is 48.5 Å². The molecular formula is C19H17ClFN3O3. The van der Waals surface area contributed by atoms with Crippen molar-refractivity contribution in [3.05, 3.63) is 75.1 Å². The largest absolute Gasteiger partial charge is 0.368 e. The number of carbonyl (C=O) groups is 1. The molecule has 1 aliphatic rings. The molecule has 2 aromatic carbocycles. The molecule has 1 fully saturated rings. The predicted molar refractivity (Wildman–Crippen MR) is 102 cm³/mol. The first-order valence-electron chi connectivity index (χ1n) is 8.35. The van der Waals surface area contributed by atoms with Gasteiger partial charge in [-0.25, -0.2) is 4.39 Å². The molecule has 2 aromatic rings. The average Bonchev–Trinajstić information content (AvgIpc) is 2.68. The molecule has 0 saturated carbocycles. The van der Waals surface area contributed by atoms with Crippen LogP contribution >= 0.6 is 11.6 Å². The standard InChI is InChI=1S/C19H17ClFN3O3/c20-17-13-15(5-6-18(17)21)22-8-10-23(11-9-22)19(25)7-4-14-2-1-3-16(12-14)24(26)27/h1-7,12-13H,8-11H2/b7-4+. The number of hydrogen-bond acceptors (Lipinski definition) is 4. The summed E-state index contributed by atoms with van der Waals surface area (Å²) < 4.78 is 13.3. The lowest BCUT2D eigenvalue weighted by atomic mass is 10.2. The molecule has 0 N–H and O–H groups in total. The van der Waals surface area contributed by atoms with Gasteiger partial charge in [-0.2, -0.15) is 0 Å². The zero-order valence-electron chi connectivity index (χ0n) is 14.3. The van der Waals surface area contributed by atoms with Gasteiger partial charge in [-0.05, 0) is 29.8 Å². The van der Waals surface area contributed by atoms with Crippen molar-refractivity contribution in [1.82, 2.24) is 4.90 Å². The summed E-state index contributed by atoms with van der Waals surface area (Å²) in [4.78, 5) is 26.4. The van der Waals surface area contributed by atoms with Crippen molar-refractivity contribution >= 4 is 35.0 Å². The number of rotatable bonds is 4. The highest BCUT2D eigenvalue weighted by Crippen LogP contribution is 2.23. The molecule has 140 valence electrons. The maximum Gasteiger partial charge on any atom is 0.270 e. The van der Waals surface area contributed by atoms with E-state index in [0.29, 0.717) is 31.7 Å². The second-order valence-electron chi connectivity index (χ2n) is 6.10. The van der Waals surface area contributed by atoms with Crippen molar-refractivity contribution in [2.45, 2.75) is 0 Å². The fraction of sp³-hybridized carbons (Fsp3) is 0.211. The van der Waals surface area contributed by atoms with E-state index in [2.05, 4.69) is 0 Å². The van der Waals surface area contributed by atoms with E-state index in [1.165, 1.54) is 24.3 Å². The van der Waals surface area contributed by atoms with E-state index >= 15 is 0 Å². The van der Waals surface area contributed by atoms with Gasteiger partial charge >= 0.3 is 0 Å². The number of carbonyl (C=O) groups excluding carboxylic acids is 1. The zero-order chi connectivity index (χ0) is 19.4. The van der Waals surface area contributed by atoms with Crippen LogP contribution in [0.3, 0.4) is 0 Å². The van der Waals surface area contributed by atoms with E-state index in [9.17, 15) is 19.3 Å². The van der Waals surface area contributed by atoms with Gasteiger partial charge in [0.05, 0.1) is 9.95 Å². The molecule has 0 unspecified atom stereocenters. The Bertz CT molecular complexity index is 896. The average molecular weight is 390 g/mol. The van der Waals surface area contributed by atoms with Gasteiger partial charge in [0.15, 0.2) is 0 Å². The lowest BCUT2D eigenvalue weighted by Gasteiger charge is -2.35. The van der Waals surface area contributed by atoms with Crippen LogP contribution in [-0.2, 0) is 4.79 Å². The zero-order valence-corrected chi connectivity index (χ0v) is 15.1. The maximum absolute atomic E-state index is 13.3. The molecule has 0 aromatic heterocycles. The lowest BCUT2D eigenvalue weighted by molar-refractivity contribution is -0.384. The third kappa shape index (κ3) is 4.62. The molecular weight excluding hydrogens is 373 g/mol. The van der Waals surface area contributed by atoms with Gasteiger partial charge in [0.2, 0.25) is 5.91 Å². The van der Waals surface area contributed by atoms with Crippen LogP contribution in [0.4, 0.5) is 15.8 Å². The van der Waals surface area contributed by atoms with Crippen molar-refractivity contribution in [1.29, 1.82) is 0 Å². The molecule has 0 spiro atoms. The fourth-order valence-corrected chi connectivity index (χ4v) is 3.06. The van der Waals surface area contributed by atoms with Gasteiger partial charge < -0.3 is 9.80 Å². The van der Waals surface area contributed by atoms with Gasteiger partial charge in [0, 0.05) is 50.1 Å². The van der Waals surface area contributed by atoms with E-state index in [1.807, 2.05) is 4.90 Å². The Morgan fingerprint density at radius 3 is 2.56 bits per heavy atom. The number of benzene rings is 2. The van der Waals surface area contributed by atoms with Crippen molar-refractivity contribution in [2.24, 2.45) is 0 Å². The normalized spacial score (nSPS) is 14.6. The fourth-order valence-electron chi connectivity index (χ4n) is 2.88. The first kappa shape index (κ1) is 18.8. The van der Waals surface area contributed by atoms with Crippen molar-refractivity contribution in [3.63, 3.8) is 0 Å². The smallest absolute Gasteiger partial charge is 0.270 e. The predicted octanol–water partition coefficient (Wildman–Crippen LogP) is 3.75. The van der Waals surface area contributed by atoms with Crippen LogP contribution in [0.5, 0.6) is 0 Å². The highest BCUT2D eigenvalue weighted by atomic mass is 35.5. The number of nitrogens with zero attached hydrogens (tertiary/aromatic N) is 3.